The molecule has 0 saturated carbocycles. The van der Waals surface area contributed by atoms with E-state index in [9.17, 15) is 9.59 Å². The van der Waals surface area contributed by atoms with Crippen LogP contribution in [0.2, 0.25) is 0 Å². The molecule has 6 heteroatoms. The molecule has 1 heterocycles. The Kier molecular flexibility index (Phi) is 6.53. The van der Waals surface area contributed by atoms with E-state index >= 15 is 0 Å². The molecule has 148 valence electrons. The molecular formula is C22H26N2O4. The SMILES string of the molecule is CCCOc1ccc(CNC(=O)[C@@H]2CC(=O)N(c3ccc(OC)cc3)C2)cc1. The highest BCUT2D eigenvalue weighted by molar-refractivity contribution is 6.00. The van der Waals surface area contributed by atoms with E-state index < -0.39 is 0 Å². The molecule has 2 amide bonds. The zero-order valence-corrected chi connectivity index (χ0v) is 16.3. The first-order chi connectivity index (χ1) is 13.6. The van der Waals surface area contributed by atoms with Crippen molar-refractivity contribution < 1.29 is 19.1 Å². The highest BCUT2D eigenvalue weighted by Crippen LogP contribution is 2.27. The van der Waals surface area contributed by atoms with Crippen LogP contribution in [-0.4, -0.2) is 32.1 Å². The number of carbonyl (C=O) groups excluding carboxylic acids is 2. The van der Waals surface area contributed by atoms with E-state index in [0.29, 0.717) is 19.7 Å². The zero-order valence-electron chi connectivity index (χ0n) is 16.3. The molecular weight excluding hydrogens is 356 g/mol. The number of amides is 2. The summed E-state index contributed by atoms with van der Waals surface area (Å²) >= 11 is 0. The lowest BCUT2D eigenvalue weighted by Gasteiger charge is -2.17. The maximum atomic E-state index is 12.5. The Labute approximate surface area is 165 Å². The Morgan fingerprint density at radius 2 is 1.79 bits per heavy atom. The molecule has 28 heavy (non-hydrogen) atoms. The van der Waals surface area contributed by atoms with Crippen molar-refractivity contribution in [3.05, 3.63) is 54.1 Å². The lowest BCUT2D eigenvalue weighted by atomic mass is 10.1. The van der Waals surface area contributed by atoms with Gasteiger partial charge in [-0.3, -0.25) is 9.59 Å². The highest BCUT2D eigenvalue weighted by Gasteiger charge is 2.34. The number of nitrogens with one attached hydrogen (secondary N) is 1. The van der Waals surface area contributed by atoms with Gasteiger partial charge in [-0.2, -0.15) is 0 Å². The molecule has 1 aliphatic rings. The molecule has 6 nitrogen and oxygen atoms in total. The summed E-state index contributed by atoms with van der Waals surface area (Å²) in [5.74, 6) is 1.07. The van der Waals surface area contributed by atoms with E-state index in [0.717, 1.165) is 29.2 Å². The molecule has 1 aliphatic heterocycles. The summed E-state index contributed by atoms with van der Waals surface area (Å²) in [7, 11) is 1.60. The Balaban J connectivity index is 1.52. The van der Waals surface area contributed by atoms with Gasteiger partial charge in [0.1, 0.15) is 11.5 Å². The van der Waals surface area contributed by atoms with Gasteiger partial charge >= 0.3 is 0 Å². The quantitative estimate of drug-likeness (QED) is 0.762. The summed E-state index contributed by atoms with van der Waals surface area (Å²) in [6.07, 6.45) is 1.19. The van der Waals surface area contributed by atoms with E-state index in [4.69, 9.17) is 9.47 Å². The number of anilines is 1. The molecule has 0 spiro atoms. The summed E-state index contributed by atoms with van der Waals surface area (Å²) < 4.78 is 10.7. The van der Waals surface area contributed by atoms with Gasteiger partial charge < -0.3 is 19.7 Å². The maximum Gasteiger partial charge on any atom is 0.227 e. The number of ether oxygens (including phenoxy) is 2. The molecule has 0 radical (unpaired) electrons. The number of nitrogens with zero attached hydrogens (tertiary/aromatic N) is 1. The fourth-order valence-electron chi connectivity index (χ4n) is 3.15. The number of rotatable bonds is 8. The molecule has 1 N–H and O–H groups in total. The van der Waals surface area contributed by atoms with Crippen molar-refractivity contribution in [3.63, 3.8) is 0 Å². The first-order valence-corrected chi connectivity index (χ1v) is 9.54. The molecule has 0 aromatic heterocycles. The molecule has 3 rings (SSSR count). The van der Waals surface area contributed by atoms with Gasteiger partial charge in [-0.1, -0.05) is 19.1 Å². The zero-order chi connectivity index (χ0) is 19.9. The van der Waals surface area contributed by atoms with Crippen LogP contribution in [0.4, 0.5) is 5.69 Å². The average Bonchev–Trinajstić information content (AvgIpc) is 3.13. The topological polar surface area (TPSA) is 67.9 Å². The van der Waals surface area contributed by atoms with Crippen molar-refractivity contribution in [3.8, 4) is 11.5 Å². The number of methoxy groups -OCH3 is 1. The van der Waals surface area contributed by atoms with E-state index in [1.165, 1.54) is 0 Å². The third-order valence-corrected chi connectivity index (χ3v) is 4.74. The molecule has 2 aromatic carbocycles. The Morgan fingerprint density at radius 3 is 2.43 bits per heavy atom. The van der Waals surface area contributed by atoms with Gasteiger partial charge in [-0.05, 0) is 48.4 Å². The molecule has 2 aromatic rings. The minimum atomic E-state index is -0.346. The minimum Gasteiger partial charge on any atom is -0.497 e. The third-order valence-electron chi connectivity index (χ3n) is 4.74. The Hall–Kier alpha value is -3.02. The lowest BCUT2D eigenvalue weighted by Crippen LogP contribution is -2.32. The van der Waals surface area contributed by atoms with Crippen LogP contribution in [0.15, 0.2) is 48.5 Å². The molecule has 1 saturated heterocycles. The van der Waals surface area contributed by atoms with E-state index in [-0.39, 0.29) is 24.2 Å². The van der Waals surface area contributed by atoms with Crippen molar-refractivity contribution in [2.45, 2.75) is 26.3 Å². The number of carbonyl (C=O) groups is 2. The smallest absolute Gasteiger partial charge is 0.227 e. The second-order valence-electron chi connectivity index (χ2n) is 6.81. The fourth-order valence-corrected chi connectivity index (χ4v) is 3.15. The van der Waals surface area contributed by atoms with Gasteiger partial charge in [0, 0.05) is 25.2 Å². The van der Waals surface area contributed by atoms with Gasteiger partial charge in [0.05, 0.1) is 19.6 Å². The Morgan fingerprint density at radius 1 is 1.11 bits per heavy atom. The lowest BCUT2D eigenvalue weighted by molar-refractivity contribution is -0.126. The second kappa shape index (κ2) is 9.26. The summed E-state index contributed by atoms with van der Waals surface area (Å²) in [5.41, 5.74) is 1.78. The van der Waals surface area contributed by atoms with Crippen LogP contribution in [0.1, 0.15) is 25.3 Å². The predicted molar refractivity (Wildman–Crippen MR) is 108 cm³/mol. The fraction of sp³-hybridized carbons (Fsp3) is 0.364. The largest absolute Gasteiger partial charge is 0.497 e. The Bertz CT molecular complexity index is 802. The summed E-state index contributed by atoms with van der Waals surface area (Å²) in [5, 5.41) is 2.94. The number of hydrogen-bond donors (Lipinski definition) is 1. The van der Waals surface area contributed by atoms with Crippen LogP contribution >= 0.6 is 0 Å². The van der Waals surface area contributed by atoms with Crippen LogP contribution in [0.3, 0.4) is 0 Å². The van der Waals surface area contributed by atoms with Gasteiger partial charge in [-0.15, -0.1) is 0 Å². The van der Waals surface area contributed by atoms with Crippen LogP contribution in [0, 0.1) is 5.92 Å². The van der Waals surface area contributed by atoms with E-state index in [1.54, 1.807) is 12.0 Å². The molecule has 0 aliphatic carbocycles. The van der Waals surface area contributed by atoms with Crippen molar-refractivity contribution in [2.75, 3.05) is 25.2 Å². The number of benzene rings is 2. The first-order valence-electron chi connectivity index (χ1n) is 9.54. The molecule has 0 bridgehead atoms. The predicted octanol–water partition coefficient (Wildman–Crippen LogP) is 3.15. The maximum absolute atomic E-state index is 12.5. The van der Waals surface area contributed by atoms with Crippen LogP contribution in [-0.2, 0) is 16.1 Å². The van der Waals surface area contributed by atoms with Crippen LogP contribution in [0.5, 0.6) is 11.5 Å². The average molecular weight is 382 g/mol. The summed E-state index contributed by atoms with van der Waals surface area (Å²) in [4.78, 5) is 26.5. The molecule has 1 fully saturated rings. The highest BCUT2D eigenvalue weighted by atomic mass is 16.5. The standard InChI is InChI=1S/C22H26N2O4/c1-3-12-28-20-8-4-16(5-9-20)14-23-22(26)17-13-21(25)24(15-17)18-6-10-19(27-2)11-7-18/h4-11,17H,3,12-15H2,1-2H3,(H,23,26)/t17-/m1/s1. The van der Waals surface area contributed by atoms with Crippen molar-refractivity contribution in [1.29, 1.82) is 0 Å². The minimum absolute atomic E-state index is 0.0391. The number of hydrogen-bond acceptors (Lipinski definition) is 4. The van der Waals surface area contributed by atoms with Gasteiger partial charge in [0.15, 0.2) is 0 Å². The molecule has 1 atom stereocenters. The van der Waals surface area contributed by atoms with Crippen LogP contribution in [0.25, 0.3) is 0 Å². The summed E-state index contributed by atoms with van der Waals surface area (Å²) in [6.45, 7) is 3.57. The van der Waals surface area contributed by atoms with Crippen LogP contribution < -0.4 is 19.7 Å². The van der Waals surface area contributed by atoms with Crippen molar-refractivity contribution >= 4 is 17.5 Å². The van der Waals surface area contributed by atoms with Crippen molar-refractivity contribution in [1.82, 2.24) is 5.32 Å². The normalized spacial score (nSPS) is 16.1. The van der Waals surface area contributed by atoms with Crippen molar-refractivity contribution in [2.24, 2.45) is 5.92 Å². The first kappa shape index (κ1) is 19.7. The second-order valence-corrected chi connectivity index (χ2v) is 6.81. The van der Waals surface area contributed by atoms with E-state index in [1.807, 2.05) is 48.5 Å². The van der Waals surface area contributed by atoms with E-state index in [2.05, 4.69) is 12.2 Å². The van der Waals surface area contributed by atoms with Gasteiger partial charge in [0.25, 0.3) is 0 Å². The van der Waals surface area contributed by atoms with Gasteiger partial charge in [-0.25, -0.2) is 0 Å². The molecule has 0 unspecified atom stereocenters. The monoisotopic (exact) mass is 382 g/mol. The van der Waals surface area contributed by atoms with Gasteiger partial charge in [0.2, 0.25) is 11.8 Å². The third kappa shape index (κ3) is 4.82. The summed E-state index contributed by atoms with van der Waals surface area (Å²) in [6, 6.07) is 15.0.